The van der Waals surface area contributed by atoms with Crippen LogP contribution in [0.15, 0.2) is 42.5 Å². The van der Waals surface area contributed by atoms with Crippen LogP contribution in [-0.2, 0) is 0 Å². The van der Waals surface area contributed by atoms with Crippen LogP contribution in [0.25, 0.3) is 0 Å². The van der Waals surface area contributed by atoms with Crippen molar-refractivity contribution in [2.45, 2.75) is 19.3 Å². The van der Waals surface area contributed by atoms with Gasteiger partial charge in [-0.25, -0.2) is 0 Å². The maximum absolute atomic E-state index is 2.27. The van der Waals surface area contributed by atoms with Gasteiger partial charge in [0, 0.05) is 0 Å². The van der Waals surface area contributed by atoms with Crippen molar-refractivity contribution in [3.05, 3.63) is 54.0 Å². The smallest absolute Gasteiger partial charge is 0.154 e. The summed E-state index contributed by atoms with van der Waals surface area (Å²) in [5.41, 5.74) is 1.38. The molecule has 13 heavy (non-hydrogen) atoms. The summed E-state index contributed by atoms with van der Waals surface area (Å²) in [7, 11) is 0. The summed E-state index contributed by atoms with van der Waals surface area (Å²) in [6, 6.07) is 10.6. The Morgan fingerprint density at radius 2 is 1.85 bits per heavy atom. The normalized spacial score (nSPS) is 15.2. The first-order valence-electron chi connectivity index (χ1n) is 4.54. The van der Waals surface area contributed by atoms with Crippen molar-refractivity contribution in [3.8, 4) is 0 Å². The third-order valence-corrected chi connectivity index (χ3v) is 2.28. The van der Waals surface area contributed by atoms with Gasteiger partial charge in [0.1, 0.15) is 0 Å². The third-order valence-electron chi connectivity index (χ3n) is 2.28. The van der Waals surface area contributed by atoms with E-state index in [1.165, 1.54) is 30.7 Å². The Bertz CT molecular complexity index is 264. The van der Waals surface area contributed by atoms with Crippen LogP contribution in [0.5, 0.6) is 0 Å². The first kappa shape index (κ1) is 11.5. The van der Waals surface area contributed by atoms with Crippen LogP contribution >= 0.6 is 0 Å². The molecule has 0 heterocycles. The van der Waals surface area contributed by atoms with Gasteiger partial charge >= 0.3 is 51.4 Å². The van der Waals surface area contributed by atoms with E-state index in [9.17, 15) is 0 Å². The second-order valence-corrected chi connectivity index (χ2v) is 3.19. The minimum atomic E-state index is 0. The first-order chi connectivity index (χ1) is 5.97. The molecule has 0 radical (unpaired) electrons. The summed E-state index contributed by atoms with van der Waals surface area (Å²) in [5, 5.41) is 0. The Balaban J connectivity index is 0.000000845. The van der Waals surface area contributed by atoms with Crippen molar-refractivity contribution in [2.75, 3.05) is 0 Å². The van der Waals surface area contributed by atoms with Crippen LogP contribution in [-0.4, -0.2) is 0 Å². The zero-order valence-corrected chi connectivity index (χ0v) is 11.3. The Hall–Kier alpha value is 0.466. The second kappa shape index (κ2) is 6.04. The van der Waals surface area contributed by atoms with E-state index < -0.39 is 0 Å². The standard InChI is InChI=1S/C12H13.K/c1-3-7-11(8-4-1)12-9-5-2-6-10-12;/h1,3-5,7-9H,2,6,10H2;/q-1;+1. The third kappa shape index (κ3) is 3.26. The van der Waals surface area contributed by atoms with E-state index in [0.29, 0.717) is 0 Å². The van der Waals surface area contributed by atoms with E-state index in [0.717, 1.165) is 0 Å². The minimum absolute atomic E-state index is 0. The fourth-order valence-electron chi connectivity index (χ4n) is 1.61. The monoisotopic (exact) mass is 196 g/mol. The van der Waals surface area contributed by atoms with Crippen LogP contribution < -0.4 is 51.4 Å². The molecule has 0 amide bonds. The topological polar surface area (TPSA) is 0 Å². The van der Waals surface area contributed by atoms with Crippen molar-refractivity contribution in [1.82, 2.24) is 0 Å². The summed E-state index contributed by atoms with van der Waals surface area (Å²) in [6.45, 7) is 0. The SMILES string of the molecule is C1=C[C-](c2ccccc2)CCC1.[K+]. The molecule has 0 aliphatic heterocycles. The molecule has 0 aromatic heterocycles. The van der Waals surface area contributed by atoms with E-state index in [1.54, 1.807) is 0 Å². The van der Waals surface area contributed by atoms with Crippen molar-refractivity contribution in [2.24, 2.45) is 0 Å². The molecule has 1 aromatic carbocycles. The fraction of sp³-hybridized carbons (Fsp3) is 0.250. The maximum Gasteiger partial charge on any atom is 1.00 e. The average molecular weight is 196 g/mol. The Morgan fingerprint density at radius 1 is 1.08 bits per heavy atom. The van der Waals surface area contributed by atoms with Crippen LogP contribution in [0.1, 0.15) is 24.8 Å². The van der Waals surface area contributed by atoms with Gasteiger partial charge in [0.15, 0.2) is 0 Å². The Labute approximate surface area is 123 Å². The van der Waals surface area contributed by atoms with Gasteiger partial charge in [-0.3, -0.25) is 0 Å². The molecule has 0 spiro atoms. The van der Waals surface area contributed by atoms with E-state index in [1.807, 2.05) is 0 Å². The van der Waals surface area contributed by atoms with E-state index in [4.69, 9.17) is 0 Å². The summed E-state index contributed by atoms with van der Waals surface area (Å²) in [5.74, 6) is 1.49. The molecule has 1 aliphatic rings. The zero-order valence-electron chi connectivity index (χ0n) is 8.16. The van der Waals surface area contributed by atoms with Crippen LogP contribution in [0.2, 0.25) is 0 Å². The summed E-state index contributed by atoms with van der Waals surface area (Å²) in [6.07, 6.45) is 8.32. The molecule has 0 unspecified atom stereocenters. The molecule has 62 valence electrons. The number of hydrogen-bond donors (Lipinski definition) is 0. The van der Waals surface area contributed by atoms with Gasteiger partial charge in [-0.2, -0.15) is 6.08 Å². The van der Waals surface area contributed by atoms with E-state index in [-0.39, 0.29) is 51.4 Å². The molecule has 0 saturated heterocycles. The Morgan fingerprint density at radius 3 is 2.46 bits per heavy atom. The molecular weight excluding hydrogens is 183 g/mol. The average Bonchev–Trinajstić information content (AvgIpc) is 2.21. The van der Waals surface area contributed by atoms with Crippen molar-refractivity contribution >= 4 is 0 Å². The van der Waals surface area contributed by atoms with Crippen molar-refractivity contribution in [1.29, 1.82) is 0 Å². The van der Waals surface area contributed by atoms with Crippen LogP contribution in [0, 0.1) is 5.92 Å². The summed E-state index contributed by atoms with van der Waals surface area (Å²) in [4.78, 5) is 0. The predicted octanol–water partition coefficient (Wildman–Crippen LogP) is 0.353. The molecule has 0 bridgehead atoms. The van der Waals surface area contributed by atoms with Gasteiger partial charge in [-0.1, -0.05) is 25.3 Å². The van der Waals surface area contributed by atoms with Crippen LogP contribution in [0.3, 0.4) is 0 Å². The van der Waals surface area contributed by atoms with Gasteiger partial charge in [0.25, 0.3) is 0 Å². The van der Waals surface area contributed by atoms with Crippen molar-refractivity contribution in [3.63, 3.8) is 0 Å². The molecule has 1 aromatic rings. The number of benzene rings is 1. The van der Waals surface area contributed by atoms with E-state index in [2.05, 4.69) is 42.5 Å². The van der Waals surface area contributed by atoms with Gasteiger partial charge in [-0.05, 0) is 0 Å². The molecule has 0 atom stereocenters. The van der Waals surface area contributed by atoms with Crippen LogP contribution in [0.4, 0.5) is 0 Å². The molecule has 2 rings (SSSR count). The van der Waals surface area contributed by atoms with Gasteiger partial charge < -0.3 is 0 Å². The second-order valence-electron chi connectivity index (χ2n) is 3.19. The molecule has 0 N–H and O–H groups in total. The molecule has 1 heteroatoms. The largest absolute Gasteiger partial charge is 1.00 e. The molecule has 1 aliphatic carbocycles. The zero-order chi connectivity index (χ0) is 8.23. The minimum Gasteiger partial charge on any atom is -0.154 e. The van der Waals surface area contributed by atoms with Gasteiger partial charge in [0.2, 0.25) is 0 Å². The van der Waals surface area contributed by atoms with Gasteiger partial charge in [0.05, 0.1) is 0 Å². The van der Waals surface area contributed by atoms with Crippen molar-refractivity contribution < 1.29 is 51.4 Å². The predicted molar refractivity (Wildman–Crippen MR) is 51.8 cm³/mol. The van der Waals surface area contributed by atoms with E-state index >= 15 is 0 Å². The maximum atomic E-state index is 2.27. The molecule has 0 nitrogen and oxygen atoms in total. The molecule has 0 fully saturated rings. The fourth-order valence-corrected chi connectivity index (χ4v) is 1.61. The number of rotatable bonds is 1. The first-order valence-corrected chi connectivity index (χ1v) is 4.54. The Kier molecular flexibility index (Phi) is 5.37. The van der Waals surface area contributed by atoms with Gasteiger partial charge in [-0.15, -0.1) is 41.8 Å². The number of hydrogen-bond acceptors (Lipinski definition) is 0. The molecule has 0 saturated carbocycles. The number of allylic oxidation sites excluding steroid dienone is 2. The summed E-state index contributed by atoms with van der Waals surface area (Å²) >= 11 is 0. The molecular formula is C12H13K. The quantitative estimate of drug-likeness (QED) is 0.449. The summed E-state index contributed by atoms with van der Waals surface area (Å²) < 4.78 is 0.